The van der Waals surface area contributed by atoms with Gasteiger partial charge in [0.2, 0.25) is 0 Å². The molecule has 0 bridgehead atoms. The molecule has 5 heteroatoms. The molecule has 0 unspecified atom stereocenters. The molecule has 4 nitrogen and oxygen atoms in total. The molecule has 0 radical (unpaired) electrons. The summed E-state index contributed by atoms with van der Waals surface area (Å²) in [5.74, 6) is 0. The van der Waals surface area contributed by atoms with Gasteiger partial charge < -0.3 is 4.74 Å². The van der Waals surface area contributed by atoms with Crippen LogP contribution in [0.2, 0.25) is 0 Å². The number of aryl methyl sites for hydroxylation is 2. The second-order valence-corrected chi connectivity index (χ2v) is 5.84. The monoisotopic (exact) mass is 242 g/mol. The van der Waals surface area contributed by atoms with E-state index in [0.29, 0.717) is 0 Å². The van der Waals surface area contributed by atoms with Crippen molar-refractivity contribution < 1.29 is 9.53 Å². The third-order valence-electron chi connectivity index (χ3n) is 1.85. The first-order valence-electron chi connectivity index (χ1n) is 5.11. The first-order chi connectivity index (χ1) is 7.20. The molecule has 0 fully saturated rings. The van der Waals surface area contributed by atoms with Crippen molar-refractivity contribution in [3.63, 3.8) is 0 Å². The van der Waals surface area contributed by atoms with E-state index in [-0.39, 0.29) is 6.09 Å². The average Bonchev–Trinajstić information content (AvgIpc) is 2.41. The summed E-state index contributed by atoms with van der Waals surface area (Å²) >= 11 is 1.49. The maximum Gasteiger partial charge on any atom is 0.415 e. The quantitative estimate of drug-likeness (QED) is 0.759. The molecule has 0 aliphatic heterocycles. The topological polar surface area (TPSA) is 42.4 Å². The molecule has 0 aromatic carbocycles. The molecule has 1 amide bonds. The molecule has 1 rings (SSSR count). The van der Waals surface area contributed by atoms with E-state index in [1.165, 1.54) is 16.2 Å². The van der Waals surface area contributed by atoms with Crippen LogP contribution in [0.15, 0.2) is 0 Å². The van der Waals surface area contributed by atoms with E-state index in [4.69, 9.17) is 4.74 Å². The van der Waals surface area contributed by atoms with Crippen molar-refractivity contribution in [1.29, 1.82) is 0 Å². The predicted octanol–water partition coefficient (Wildman–Crippen LogP) is 3.13. The standard InChI is InChI=1S/C11H18N2O2S/c1-7-9(16-8(2)12-7)13(6)10(14)15-11(3,4)5/h1-6H3. The number of carbonyl (C=O) groups is 1. The summed E-state index contributed by atoms with van der Waals surface area (Å²) in [7, 11) is 1.70. The number of amides is 1. The lowest BCUT2D eigenvalue weighted by atomic mass is 10.2. The van der Waals surface area contributed by atoms with Crippen molar-refractivity contribution >= 4 is 22.4 Å². The van der Waals surface area contributed by atoms with Crippen LogP contribution in [-0.4, -0.2) is 23.7 Å². The Morgan fingerprint density at radius 2 is 1.94 bits per heavy atom. The first kappa shape index (κ1) is 13.0. The third kappa shape index (κ3) is 3.20. The van der Waals surface area contributed by atoms with Crippen LogP contribution in [0.3, 0.4) is 0 Å². The SMILES string of the molecule is Cc1nc(C)c(N(C)C(=O)OC(C)(C)C)s1. The van der Waals surface area contributed by atoms with Gasteiger partial charge >= 0.3 is 6.09 Å². The van der Waals surface area contributed by atoms with E-state index in [1.807, 2.05) is 34.6 Å². The lowest BCUT2D eigenvalue weighted by Gasteiger charge is -2.23. The number of hydrogen-bond donors (Lipinski definition) is 0. The van der Waals surface area contributed by atoms with Crippen molar-refractivity contribution in [2.45, 2.75) is 40.2 Å². The van der Waals surface area contributed by atoms with Crippen LogP contribution in [0.4, 0.5) is 9.80 Å². The van der Waals surface area contributed by atoms with E-state index < -0.39 is 5.60 Å². The van der Waals surface area contributed by atoms with Crippen LogP contribution in [0, 0.1) is 13.8 Å². The van der Waals surface area contributed by atoms with Gasteiger partial charge in [-0.25, -0.2) is 9.78 Å². The van der Waals surface area contributed by atoms with Gasteiger partial charge in [0.05, 0.1) is 10.7 Å². The normalized spacial score (nSPS) is 11.4. The second-order valence-electron chi connectivity index (χ2n) is 4.66. The van der Waals surface area contributed by atoms with E-state index in [0.717, 1.165) is 15.7 Å². The molecule has 0 N–H and O–H groups in total. The average molecular weight is 242 g/mol. The van der Waals surface area contributed by atoms with Crippen LogP contribution in [0.5, 0.6) is 0 Å². The fraction of sp³-hybridized carbons (Fsp3) is 0.636. The summed E-state index contributed by atoms with van der Waals surface area (Å²) in [5, 5.41) is 1.79. The predicted molar refractivity (Wildman–Crippen MR) is 66.2 cm³/mol. The molecule has 1 aromatic heterocycles. The number of nitrogens with zero attached hydrogens (tertiary/aromatic N) is 2. The molecule has 16 heavy (non-hydrogen) atoms. The van der Waals surface area contributed by atoms with Gasteiger partial charge in [-0.3, -0.25) is 4.90 Å². The highest BCUT2D eigenvalue weighted by Gasteiger charge is 2.22. The number of carbonyl (C=O) groups excluding carboxylic acids is 1. The third-order valence-corrected chi connectivity index (χ3v) is 3.00. The number of rotatable bonds is 1. The molecule has 90 valence electrons. The van der Waals surface area contributed by atoms with Crippen LogP contribution in [-0.2, 0) is 4.74 Å². The van der Waals surface area contributed by atoms with Crippen LogP contribution in [0.1, 0.15) is 31.5 Å². The summed E-state index contributed by atoms with van der Waals surface area (Å²) in [5.41, 5.74) is 0.384. The largest absolute Gasteiger partial charge is 0.443 e. The minimum Gasteiger partial charge on any atom is -0.443 e. The van der Waals surface area contributed by atoms with Crippen molar-refractivity contribution in [3.05, 3.63) is 10.7 Å². The van der Waals surface area contributed by atoms with E-state index >= 15 is 0 Å². The lowest BCUT2D eigenvalue weighted by molar-refractivity contribution is 0.0590. The fourth-order valence-corrected chi connectivity index (χ4v) is 2.11. The Morgan fingerprint density at radius 1 is 1.38 bits per heavy atom. The molecule has 0 saturated heterocycles. The Morgan fingerprint density at radius 3 is 2.31 bits per heavy atom. The molecular weight excluding hydrogens is 224 g/mol. The van der Waals surface area contributed by atoms with Gasteiger partial charge in [-0.05, 0) is 34.6 Å². The highest BCUT2D eigenvalue weighted by molar-refractivity contribution is 7.16. The highest BCUT2D eigenvalue weighted by Crippen LogP contribution is 2.27. The molecule has 0 aliphatic carbocycles. The maximum absolute atomic E-state index is 11.8. The van der Waals surface area contributed by atoms with Crippen molar-refractivity contribution in [2.24, 2.45) is 0 Å². The van der Waals surface area contributed by atoms with Gasteiger partial charge in [-0.15, -0.1) is 11.3 Å². The summed E-state index contributed by atoms with van der Waals surface area (Å²) in [6, 6.07) is 0. The zero-order valence-corrected chi connectivity index (χ0v) is 11.4. The van der Waals surface area contributed by atoms with Crippen LogP contribution >= 0.6 is 11.3 Å². The summed E-state index contributed by atoms with van der Waals surface area (Å²) in [4.78, 5) is 17.6. The van der Waals surface area contributed by atoms with E-state index in [2.05, 4.69) is 4.98 Å². The molecule has 0 aliphatic rings. The van der Waals surface area contributed by atoms with Crippen LogP contribution < -0.4 is 4.90 Å². The molecule has 1 aromatic rings. The van der Waals surface area contributed by atoms with Gasteiger partial charge in [-0.1, -0.05) is 0 Å². The Hall–Kier alpha value is -1.10. The maximum atomic E-state index is 11.8. The van der Waals surface area contributed by atoms with Crippen LogP contribution in [0.25, 0.3) is 0 Å². The minimum absolute atomic E-state index is 0.348. The van der Waals surface area contributed by atoms with Gasteiger partial charge in [0, 0.05) is 7.05 Å². The first-order valence-corrected chi connectivity index (χ1v) is 5.93. The van der Waals surface area contributed by atoms with Crippen molar-refractivity contribution in [1.82, 2.24) is 4.98 Å². The Bertz CT molecular complexity index is 393. The van der Waals surface area contributed by atoms with E-state index in [9.17, 15) is 4.79 Å². The number of hydrogen-bond acceptors (Lipinski definition) is 4. The zero-order valence-electron chi connectivity index (χ0n) is 10.6. The number of thiazole rings is 1. The molecule has 0 spiro atoms. The van der Waals surface area contributed by atoms with Gasteiger partial charge in [-0.2, -0.15) is 0 Å². The molecular formula is C11H18N2O2S. The Kier molecular flexibility index (Phi) is 3.57. The molecule has 0 atom stereocenters. The number of ether oxygens (including phenoxy) is 1. The summed E-state index contributed by atoms with van der Waals surface area (Å²) in [6.45, 7) is 9.36. The van der Waals surface area contributed by atoms with Gasteiger partial charge in [0.15, 0.2) is 0 Å². The highest BCUT2D eigenvalue weighted by atomic mass is 32.1. The minimum atomic E-state index is -0.473. The Labute approximate surface area is 100 Å². The zero-order chi connectivity index (χ0) is 12.5. The van der Waals surface area contributed by atoms with Gasteiger partial charge in [0.1, 0.15) is 10.6 Å². The summed E-state index contributed by atoms with van der Waals surface area (Å²) in [6.07, 6.45) is -0.348. The van der Waals surface area contributed by atoms with Crippen molar-refractivity contribution in [3.8, 4) is 0 Å². The number of aromatic nitrogens is 1. The second kappa shape index (κ2) is 4.41. The molecule has 0 saturated carbocycles. The summed E-state index contributed by atoms with van der Waals surface area (Å²) < 4.78 is 5.28. The van der Waals surface area contributed by atoms with Crippen molar-refractivity contribution in [2.75, 3.05) is 11.9 Å². The lowest BCUT2D eigenvalue weighted by Crippen LogP contribution is -2.34. The molecule has 1 heterocycles. The van der Waals surface area contributed by atoms with Gasteiger partial charge in [0.25, 0.3) is 0 Å². The Balaban J connectivity index is 2.82. The van der Waals surface area contributed by atoms with E-state index in [1.54, 1.807) is 7.05 Å². The number of anilines is 1. The fourth-order valence-electron chi connectivity index (χ4n) is 1.25. The smallest absolute Gasteiger partial charge is 0.415 e.